The fraction of sp³-hybridized carbons (Fsp3) is 0.412. The Bertz CT molecular complexity index is 936. The van der Waals surface area contributed by atoms with Crippen LogP contribution in [0, 0.1) is 17.5 Å². The van der Waals surface area contributed by atoms with Crippen LogP contribution in [0.25, 0.3) is 0 Å². The van der Waals surface area contributed by atoms with Gasteiger partial charge in [-0.3, -0.25) is 14.2 Å². The molecule has 0 unspecified atom stereocenters. The van der Waals surface area contributed by atoms with E-state index in [2.05, 4.69) is 20.8 Å². The summed E-state index contributed by atoms with van der Waals surface area (Å²) in [6, 6.07) is 1.58. The van der Waals surface area contributed by atoms with Crippen molar-refractivity contribution in [3.63, 3.8) is 0 Å². The number of aromatic nitrogens is 3. The number of thioether (sulfide) groups is 1. The summed E-state index contributed by atoms with van der Waals surface area (Å²) < 4.78 is 46.7. The van der Waals surface area contributed by atoms with Crippen LogP contribution < -0.4 is 15.5 Å². The number of nitrogens with zero attached hydrogens (tertiary/aromatic N) is 4. The molecule has 1 aromatic heterocycles. The van der Waals surface area contributed by atoms with Crippen molar-refractivity contribution in [2.75, 3.05) is 48.8 Å². The number of hydrogen-bond donors (Lipinski definition) is 2. The average Bonchev–Trinajstić information content (AvgIpc) is 3.12. The maximum atomic E-state index is 13.6. The number of hydrogen-bond acceptors (Lipinski definition) is 7. The van der Waals surface area contributed by atoms with Crippen LogP contribution in [-0.2, 0) is 21.4 Å². The Balaban J connectivity index is 1.45. The zero-order valence-electron chi connectivity index (χ0n) is 16.0. The second-order valence-corrected chi connectivity index (χ2v) is 7.22. The highest BCUT2D eigenvalue weighted by Gasteiger charge is 2.19. The van der Waals surface area contributed by atoms with Gasteiger partial charge in [0.15, 0.2) is 22.6 Å². The Morgan fingerprint density at radius 3 is 2.60 bits per heavy atom. The number of amides is 2. The Labute approximate surface area is 174 Å². The Hall–Kier alpha value is -2.80. The number of halogens is 3. The molecular formula is C17H19F3N6O3S. The first-order chi connectivity index (χ1) is 14.4. The molecule has 0 radical (unpaired) electrons. The lowest BCUT2D eigenvalue weighted by atomic mass is 10.2. The lowest BCUT2D eigenvalue weighted by molar-refractivity contribution is -0.122. The molecule has 9 nitrogen and oxygen atoms in total. The van der Waals surface area contributed by atoms with Crippen molar-refractivity contribution in [2.45, 2.75) is 5.16 Å². The molecular weight excluding hydrogens is 425 g/mol. The molecule has 162 valence electrons. The lowest BCUT2D eigenvalue weighted by Gasteiger charge is -2.27. The number of benzene rings is 1. The van der Waals surface area contributed by atoms with Crippen LogP contribution in [0.15, 0.2) is 17.3 Å². The van der Waals surface area contributed by atoms with Crippen molar-refractivity contribution in [3.8, 4) is 0 Å². The molecule has 1 aliphatic rings. The third-order valence-corrected chi connectivity index (χ3v) is 5.21. The molecule has 0 spiro atoms. The van der Waals surface area contributed by atoms with Crippen molar-refractivity contribution < 1.29 is 27.5 Å². The van der Waals surface area contributed by atoms with Crippen molar-refractivity contribution in [1.82, 2.24) is 20.1 Å². The molecule has 0 bridgehead atoms. The van der Waals surface area contributed by atoms with E-state index in [1.807, 2.05) is 4.90 Å². The molecule has 30 heavy (non-hydrogen) atoms. The van der Waals surface area contributed by atoms with Gasteiger partial charge in [0.1, 0.15) is 0 Å². The summed E-state index contributed by atoms with van der Waals surface area (Å²) in [5.74, 6) is -5.16. The first-order valence-electron chi connectivity index (χ1n) is 8.91. The molecule has 1 aliphatic heterocycles. The zero-order chi connectivity index (χ0) is 21.7. The number of anilines is 2. The fourth-order valence-electron chi connectivity index (χ4n) is 2.65. The van der Waals surface area contributed by atoms with Gasteiger partial charge >= 0.3 is 0 Å². The summed E-state index contributed by atoms with van der Waals surface area (Å²) in [6.07, 6.45) is 0. The second-order valence-electron chi connectivity index (χ2n) is 6.28. The van der Waals surface area contributed by atoms with Crippen molar-refractivity contribution in [1.29, 1.82) is 0 Å². The zero-order valence-corrected chi connectivity index (χ0v) is 16.8. The van der Waals surface area contributed by atoms with Gasteiger partial charge in [0.25, 0.3) is 0 Å². The summed E-state index contributed by atoms with van der Waals surface area (Å²) in [4.78, 5) is 25.8. The van der Waals surface area contributed by atoms with Crippen LogP contribution in [0.2, 0.25) is 0 Å². The van der Waals surface area contributed by atoms with Gasteiger partial charge < -0.3 is 20.3 Å². The maximum absolute atomic E-state index is 13.6. The third-order valence-electron chi connectivity index (χ3n) is 4.19. The van der Waals surface area contributed by atoms with Gasteiger partial charge in [-0.05, 0) is 12.1 Å². The van der Waals surface area contributed by atoms with Crippen LogP contribution in [-0.4, -0.2) is 65.2 Å². The highest BCUT2D eigenvalue weighted by Crippen LogP contribution is 2.21. The van der Waals surface area contributed by atoms with E-state index in [-0.39, 0.29) is 5.75 Å². The van der Waals surface area contributed by atoms with Gasteiger partial charge in [0.2, 0.25) is 17.8 Å². The van der Waals surface area contributed by atoms with E-state index in [9.17, 15) is 22.8 Å². The minimum atomic E-state index is -1.69. The Morgan fingerprint density at radius 2 is 1.87 bits per heavy atom. The maximum Gasteiger partial charge on any atom is 0.243 e. The number of ether oxygens (including phenoxy) is 1. The summed E-state index contributed by atoms with van der Waals surface area (Å²) in [5.41, 5.74) is -0.516. The Kier molecular flexibility index (Phi) is 7.15. The van der Waals surface area contributed by atoms with E-state index >= 15 is 0 Å². The van der Waals surface area contributed by atoms with Gasteiger partial charge in [-0.25, -0.2) is 13.2 Å². The first kappa shape index (κ1) is 21.9. The lowest BCUT2D eigenvalue weighted by Crippen LogP contribution is -2.37. The van der Waals surface area contributed by atoms with E-state index in [0.29, 0.717) is 43.5 Å². The first-order valence-corrected chi connectivity index (χ1v) is 9.90. The second kappa shape index (κ2) is 9.80. The van der Waals surface area contributed by atoms with E-state index in [1.54, 1.807) is 11.6 Å². The quantitative estimate of drug-likeness (QED) is 0.484. The molecule has 2 amide bonds. The van der Waals surface area contributed by atoms with Gasteiger partial charge in [-0.1, -0.05) is 11.8 Å². The van der Waals surface area contributed by atoms with Crippen LogP contribution in [0.1, 0.15) is 0 Å². The minimum absolute atomic E-state index is 0.0259. The monoisotopic (exact) mass is 444 g/mol. The molecule has 0 saturated carbocycles. The van der Waals surface area contributed by atoms with E-state index in [1.165, 1.54) is 0 Å². The van der Waals surface area contributed by atoms with Gasteiger partial charge in [-0.2, -0.15) is 0 Å². The molecule has 1 saturated heterocycles. The number of carbonyl (C=O) groups is 2. The number of morpholine rings is 1. The van der Waals surface area contributed by atoms with E-state index in [4.69, 9.17) is 4.74 Å². The topological polar surface area (TPSA) is 101 Å². The van der Waals surface area contributed by atoms with Gasteiger partial charge in [-0.15, -0.1) is 10.2 Å². The molecule has 0 atom stereocenters. The predicted molar refractivity (Wildman–Crippen MR) is 103 cm³/mol. The predicted octanol–water partition coefficient (Wildman–Crippen LogP) is 0.916. The minimum Gasteiger partial charge on any atom is -0.378 e. The molecule has 1 fully saturated rings. The highest BCUT2D eigenvalue weighted by molar-refractivity contribution is 7.99. The largest absolute Gasteiger partial charge is 0.378 e. The van der Waals surface area contributed by atoms with Gasteiger partial charge in [0, 0.05) is 20.1 Å². The molecule has 2 heterocycles. The smallest absolute Gasteiger partial charge is 0.243 e. The number of rotatable bonds is 7. The van der Waals surface area contributed by atoms with Gasteiger partial charge in [0.05, 0.1) is 31.2 Å². The summed E-state index contributed by atoms with van der Waals surface area (Å²) >= 11 is 1.14. The number of nitrogens with one attached hydrogen (secondary N) is 2. The molecule has 2 N–H and O–H groups in total. The third kappa shape index (κ3) is 5.21. The molecule has 2 aromatic rings. The normalized spacial score (nSPS) is 13.9. The van der Waals surface area contributed by atoms with Crippen LogP contribution in [0.5, 0.6) is 0 Å². The Morgan fingerprint density at radius 1 is 1.13 bits per heavy atom. The van der Waals surface area contributed by atoms with Crippen molar-refractivity contribution in [3.05, 3.63) is 29.6 Å². The van der Waals surface area contributed by atoms with Crippen molar-refractivity contribution >= 4 is 35.2 Å². The molecule has 3 rings (SSSR count). The summed E-state index contributed by atoms with van der Waals surface area (Å²) in [6.45, 7) is 2.15. The summed E-state index contributed by atoms with van der Waals surface area (Å²) in [7, 11) is 1.79. The standard InChI is InChI=1S/C17H19F3N6O3S/c1-25-16(26-4-6-29-7-5-26)23-24-17(25)30-9-13(28)21-8-12(27)22-11-3-2-10(18)14(19)15(11)20/h2-3H,4-9H2,1H3,(H,21,28)(H,22,27). The van der Waals surface area contributed by atoms with E-state index in [0.717, 1.165) is 17.8 Å². The molecule has 0 aliphatic carbocycles. The molecule has 13 heteroatoms. The van der Waals surface area contributed by atoms with Crippen LogP contribution in [0.4, 0.5) is 24.8 Å². The van der Waals surface area contributed by atoms with Crippen molar-refractivity contribution in [2.24, 2.45) is 7.05 Å². The molecule has 1 aromatic carbocycles. The average molecular weight is 444 g/mol. The van der Waals surface area contributed by atoms with E-state index < -0.39 is 41.5 Å². The SMILES string of the molecule is Cn1c(SCC(=O)NCC(=O)Nc2ccc(F)c(F)c2F)nnc1N1CCOCC1. The number of carbonyl (C=O) groups excluding carboxylic acids is 2. The van der Waals surface area contributed by atoms with Crippen LogP contribution in [0.3, 0.4) is 0 Å². The summed E-state index contributed by atoms with van der Waals surface area (Å²) in [5, 5.41) is 13.2. The van der Waals surface area contributed by atoms with Crippen LogP contribution >= 0.6 is 11.8 Å². The highest BCUT2D eigenvalue weighted by atomic mass is 32.2. The fourth-order valence-corrected chi connectivity index (χ4v) is 3.38.